The van der Waals surface area contributed by atoms with Crippen molar-refractivity contribution in [2.45, 2.75) is 77.7 Å². The van der Waals surface area contributed by atoms with Gasteiger partial charge >= 0.3 is 17.8 Å². The van der Waals surface area contributed by atoms with Crippen LogP contribution in [0.5, 0.6) is 0 Å². The van der Waals surface area contributed by atoms with Crippen molar-refractivity contribution in [3.05, 3.63) is 28.8 Å². The highest BCUT2D eigenvalue weighted by Gasteiger charge is 2.50. The van der Waals surface area contributed by atoms with Gasteiger partial charge in [0.05, 0.1) is 11.2 Å². The second-order valence-electron chi connectivity index (χ2n) is 9.31. The summed E-state index contributed by atoms with van der Waals surface area (Å²) in [7, 11) is 0. The molecule has 2 fully saturated rings. The minimum Gasteiger partial charge on any atom is -0.333 e. The zero-order valence-electron chi connectivity index (χ0n) is 18.7. The summed E-state index contributed by atoms with van der Waals surface area (Å²) in [4.78, 5) is 44.0. The van der Waals surface area contributed by atoms with Crippen LogP contribution in [0.15, 0.2) is 12.1 Å². The Balaban J connectivity index is 1.82. The molecule has 3 aliphatic rings. The Kier molecular flexibility index (Phi) is 5.37. The predicted octanol–water partition coefficient (Wildman–Crippen LogP) is 4.13. The summed E-state index contributed by atoms with van der Waals surface area (Å²) < 4.78 is 0. The molecule has 0 aromatic heterocycles. The summed E-state index contributed by atoms with van der Waals surface area (Å²) in [6.45, 7) is 9.43. The highest BCUT2D eigenvalue weighted by molar-refractivity contribution is 6.38. The fourth-order valence-corrected chi connectivity index (χ4v) is 5.95. The smallest absolute Gasteiger partial charge is 0.332 e. The number of hydrogen-bond donors (Lipinski definition) is 0. The zero-order valence-corrected chi connectivity index (χ0v) is 18.7. The molecule has 0 radical (unpaired) electrons. The van der Waals surface area contributed by atoms with Crippen LogP contribution in [-0.2, 0) is 9.59 Å². The lowest BCUT2D eigenvalue weighted by Gasteiger charge is -2.53. The van der Waals surface area contributed by atoms with Crippen LogP contribution < -0.4 is 4.90 Å². The minimum atomic E-state index is -0.690. The second-order valence-corrected chi connectivity index (χ2v) is 9.31. The summed E-state index contributed by atoms with van der Waals surface area (Å²) in [5, 5.41) is 0. The molecule has 1 aromatic carbocycles. The van der Waals surface area contributed by atoms with Crippen molar-refractivity contribution >= 4 is 23.5 Å². The quantitative estimate of drug-likeness (QED) is 0.653. The molecule has 30 heavy (non-hydrogen) atoms. The van der Waals surface area contributed by atoms with Gasteiger partial charge in [0.15, 0.2) is 0 Å². The van der Waals surface area contributed by atoms with Gasteiger partial charge in [0, 0.05) is 19.6 Å². The molecular formula is C24H33N3O3. The van der Waals surface area contributed by atoms with E-state index in [-0.39, 0.29) is 18.1 Å². The first kappa shape index (κ1) is 20.9. The lowest BCUT2D eigenvalue weighted by Crippen LogP contribution is -2.64. The van der Waals surface area contributed by atoms with E-state index in [9.17, 15) is 14.4 Å². The number of anilines is 1. The van der Waals surface area contributed by atoms with Gasteiger partial charge in [0.1, 0.15) is 0 Å². The molecule has 1 saturated carbocycles. The van der Waals surface area contributed by atoms with E-state index in [0.29, 0.717) is 19.0 Å². The summed E-state index contributed by atoms with van der Waals surface area (Å²) in [6.07, 6.45) is 6.18. The van der Waals surface area contributed by atoms with E-state index in [4.69, 9.17) is 0 Å². The van der Waals surface area contributed by atoms with Crippen LogP contribution in [0.4, 0.5) is 10.5 Å². The topological polar surface area (TPSA) is 60.9 Å². The number of piperazine rings is 1. The number of imide groups is 1. The van der Waals surface area contributed by atoms with E-state index in [1.165, 1.54) is 27.3 Å². The number of fused-ring (bicyclic) bond motifs is 1. The van der Waals surface area contributed by atoms with Gasteiger partial charge in [-0.05, 0) is 62.6 Å². The molecule has 1 spiro atoms. The second kappa shape index (κ2) is 7.71. The number of hydrogen-bond acceptors (Lipinski definition) is 3. The Labute approximate surface area is 179 Å². The number of rotatable bonds is 1. The van der Waals surface area contributed by atoms with Gasteiger partial charge in [0.2, 0.25) is 0 Å². The van der Waals surface area contributed by atoms with Crippen LogP contribution in [-0.4, -0.2) is 52.8 Å². The zero-order chi connectivity index (χ0) is 21.6. The molecule has 0 N–H and O–H groups in total. The molecule has 2 heterocycles. The highest BCUT2D eigenvalue weighted by atomic mass is 16.2. The molecular weight excluding hydrogens is 378 g/mol. The van der Waals surface area contributed by atoms with Crippen molar-refractivity contribution in [2.75, 3.05) is 24.5 Å². The van der Waals surface area contributed by atoms with Gasteiger partial charge in [-0.15, -0.1) is 0 Å². The molecule has 6 nitrogen and oxygen atoms in total. The van der Waals surface area contributed by atoms with Crippen molar-refractivity contribution in [2.24, 2.45) is 0 Å². The number of urea groups is 1. The average Bonchev–Trinajstić information content (AvgIpc) is 2.72. The normalized spacial score (nSPS) is 23.7. The summed E-state index contributed by atoms with van der Waals surface area (Å²) in [6, 6.07) is 3.89. The largest absolute Gasteiger partial charge is 0.333 e. The third-order valence-corrected chi connectivity index (χ3v) is 7.41. The van der Waals surface area contributed by atoms with E-state index in [0.717, 1.165) is 43.4 Å². The summed E-state index contributed by atoms with van der Waals surface area (Å²) in [5.41, 5.74) is 4.16. The van der Waals surface area contributed by atoms with Crippen LogP contribution in [0.2, 0.25) is 0 Å². The van der Waals surface area contributed by atoms with Gasteiger partial charge in [0.25, 0.3) is 0 Å². The minimum absolute atomic E-state index is 0.263. The first-order chi connectivity index (χ1) is 14.3. The number of amides is 4. The molecule has 1 aromatic rings. The molecule has 1 atom stereocenters. The number of benzene rings is 1. The first-order valence-electron chi connectivity index (χ1n) is 11.4. The Morgan fingerprint density at radius 3 is 2.37 bits per heavy atom. The first-order valence-corrected chi connectivity index (χ1v) is 11.4. The van der Waals surface area contributed by atoms with Crippen molar-refractivity contribution in [3.8, 4) is 0 Å². The summed E-state index contributed by atoms with van der Waals surface area (Å²) >= 11 is 0. The fourth-order valence-electron chi connectivity index (χ4n) is 5.95. The number of nitrogens with zero attached hydrogens (tertiary/aromatic N) is 3. The third-order valence-electron chi connectivity index (χ3n) is 7.41. The van der Waals surface area contributed by atoms with Crippen LogP contribution in [0, 0.1) is 13.8 Å². The maximum absolute atomic E-state index is 14.0. The van der Waals surface area contributed by atoms with Crippen LogP contribution in [0.25, 0.3) is 0 Å². The van der Waals surface area contributed by atoms with Gasteiger partial charge in [-0.2, -0.15) is 0 Å². The SMILES string of the molecule is CCN1CCN(C(=O)N2c3c(C)ccc(C)c3[C@H](C)CC23CCCCC3)C(=O)C1=O. The maximum atomic E-state index is 14.0. The van der Waals surface area contributed by atoms with Crippen LogP contribution >= 0.6 is 0 Å². The summed E-state index contributed by atoms with van der Waals surface area (Å²) in [5.74, 6) is -0.901. The van der Waals surface area contributed by atoms with Gasteiger partial charge in [-0.3, -0.25) is 19.4 Å². The molecule has 1 saturated heterocycles. The van der Waals surface area contributed by atoms with Gasteiger partial charge in [-0.1, -0.05) is 38.3 Å². The lowest BCUT2D eigenvalue weighted by molar-refractivity contribution is -0.153. The molecule has 6 heteroatoms. The Bertz CT molecular complexity index is 888. The van der Waals surface area contributed by atoms with Crippen molar-refractivity contribution in [3.63, 3.8) is 0 Å². The van der Waals surface area contributed by atoms with Gasteiger partial charge < -0.3 is 4.90 Å². The number of likely N-dealkylation sites (N-methyl/N-ethyl adjacent to an activating group) is 1. The molecule has 2 aliphatic heterocycles. The Hall–Kier alpha value is -2.37. The predicted molar refractivity (Wildman–Crippen MR) is 117 cm³/mol. The maximum Gasteiger partial charge on any atom is 0.332 e. The Morgan fingerprint density at radius 2 is 1.70 bits per heavy atom. The molecule has 0 unspecified atom stereocenters. The molecule has 1 aliphatic carbocycles. The highest BCUT2D eigenvalue weighted by Crippen LogP contribution is 2.52. The van der Waals surface area contributed by atoms with E-state index in [1.54, 1.807) is 0 Å². The lowest BCUT2D eigenvalue weighted by atomic mass is 9.69. The van der Waals surface area contributed by atoms with E-state index < -0.39 is 11.8 Å². The van der Waals surface area contributed by atoms with E-state index >= 15 is 0 Å². The number of carbonyl (C=O) groups is 3. The number of aryl methyl sites for hydroxylation is 2. The van der Waals surface area contributed by atoms with Crippen LogP contribution in [0.3, 0.4) is 0 Å². The van der Waals surface area contributed by atoms with E-state index in [2.05, 4.69) is 32.9 Å². The Morgan fingerprint density at radius 1 is 1.03 bits per heavy atom. The molecule has 4 rings (SSSR count). The van der Waals surface area contributed by atoms with Crippen LogP contribution in [0.1, 0.15) is 75.0 Å². The number of carbonyl (C=O) groups excluding carboxylic acids is 3. The molecule has 162 valence electrons. The van der Waals surface area contributed by atoms with Gasteiger partial charge in [-0.25, -0.2) is 4.79 Å². The molecule has 0 bridgehead atoms. The standard InChI is InChI=1S/C24H33N3O3/c1-5-25-13-14-26(22(29)21(25)28)23(30)27-20-17(3)10-9-16(2)19(20)18(4)15-24(27)11-7-6-8-12-24/h9-10,18H,5-8,11-15H2,1-4H3/t18-/m1/s1. The van der Waals surface area contributed by atoms with E-state index in [1.807, 2.05) is 11.8 Å². The van der Waals surface area contributed by atoms with Crippen molar-refractivity contribution in [1.82, 2.24) is 9.80 Å². The average molecular weight is 412 g/mol. The third kappa shape index (κ3) is 3.12. The van der Waals surface area contributed by atoms with Crippen molar-refractivity contribution in [1.29, 1.82) is 0 Å². The molecule has 4 amide bonds. The van der Waals surface area contributed by atoms with Crippen molar-refractivity contribution < 1.29 is 14.4 Å². The fraction of sp³-hybridized carbons (Fsp3) is 0.625. The monoisotopic (exact) mass is 411 g/mol.